The number of nitrogens with zero attached hydrogens (tertiary/aromatic N) is 1. The maximum atomic E-state index is 7.20. The molecule has 8 rings (SSSR count). The van der Waals surface area contributed by atoms with Gasteiger partial charge in [0.15, 0.2) is 0 Å². The van der Waals surface area contributed by atoms with Crippen LogP contribution < -0.4 is 0 Å². The van der Waals surface area contributed by atoms with Gasteiger partial charge in [-0.25, -0.2) is 0 Å². The molecule has 0 aliphatic carbocycles. The van der Waals surface area contributed by atoms with Gasteiger partial charge in [0.2, 0.25) is 0 Å². The summed E-state index contributed by atoms with van der Waals surface area (Å²) in [6.07, 6.45) is 5.61. The van der Waals surface area contributed by atoms with Crippen LogP contribution in [0.4, 0.5) is 0 Å². The van der Waals surface area contributed by atoms with Crippen LogP contribution in [0.1, 0.15) is 37.0 Å². The van der Waals surface area contributed by atoms with Crippen LogP contribution in [-0.4, -0.2) is 5.71 Å². The van der Waals surface area contributed by atoms with Crippen molar-refractivity contribution < 1.29 is 0 Å². The van der Waals surface area contributed by atoms with Gasteiger partial charge in [-0.15, -0.1) is 11.3 Å². The number of hydrogen-bond donors (Lipinski definition) is 0. The monoisotopic (exact) mass is 617 g/mol. The molecule has 0 saturated heterocycles. The van der Waals surface area contributed by atoms with E-state index in [-0.39, 0.29) is 5.92 Å². The molecule has 0 spiro atoms. The molecule has 3 heteroatoms. The fraction of sp³-hybridized carbons (Fsp3) is 0.119. The van der Waals surface area contributed by atoms with Crippen molar-refractivity contribution in [3.8, 4) is 0 Å². The summed E-state index contributed by atoms with van der Waals surface area (Å²) in [6.45, 7) is 4.61. The Morgan fingerprint density at radius 3 is 2.13 bits per heavy atom. The third-order valence-corrected chi connectivity index (χ3v) is 10.6. The molecule has 1 aliphatic rings. The number of thiophene rings is 1. The van der Waals surface area contributed by atoms with Gasteiger partial charge < -0.3 is 0 Å². The smallest absolute Gasteiger partial charge is 0.0687 e. The van der Waals surface area contributed by atoms with Crippen molar-refractivity contribution in [1.82, 2.24) is 0 Å². The average Bonchev–Trinajstić information content (AvgIpc) is 3.45. The van der Waals surface area contributed by atoms with Crippen molar-refractivity contribution in [2.24, 2.45) is 16.8 Å². The van der Waals surface area contributed by atoms with E-state index >= 15 is 0 Å². The van der Waals surface area contributed by atoms with Gasteiger partial charge in [0.25, 0.3) is 0 Å². The van der Waals surface area contributed by atoms with E-state index in [1.807, 2.05) is 17.4 Å². The molecule has 1 aromatic heterocycles. The first-order valence-electron chi connectivity index (χ1n) is 15.6. The van der Waals surface area contributed by atoms with Crippen LogP contribution in [0.15, 0.2) is 138 Å². The molecule has 2 atom stereocenters. The second-order valence-electron chi connectivity index (χ2n) is 12.2. The van der Waals surface area contributed by atoms with Gasteiger partial charge in [-0.3, -0.25) is 4.99 Å². The van der Waals surface area contributed by atoms with Crippen LogP contribution in [0.3, 0.4) is 0 Å². The van der Waals surface area contributed by atoms with Crippen LogP contribution in [0.2, 0.25) is 5.02 Å². The molecule has 6 aromatic carbocycles. The van der Waals surface area contributed by atoms with Crippen LogP contribution in [-0.2, 0) is 0 Å². The molecule has 1 aliphatic heterocycles. The Balaban J connectivity index is 1.39. The zero-order chi connectivity index (χ0) is 30.5. The first kappa shape index (κ1) is 28.0. The zero-order valence-electron chi connectivity index (χ0n) is 25.3. The van der Waals surface area contributed by atoms with E-state index in [1.165, 1.54) is 52.9 Å². The molecule has 0 bridgehead atoms. The molecule has 7 aromatic rings. The number of benzene rings is 6. The van der Waals surface area contributed by atoms with Crippen LogP contribution >= 0.6 is 22.9 Å². The maximum absolute atomic E-state index is 7.20. The lowest BCUT2D eigenvalue weighted by molar-refractivity contribution is 0.761. The van der Waals surface area contributed by atoms with Crippen molar-refractivity contribution in [3.05, 3.63) is 155 Å². The highest BCUT2D eigenvalue weighted by Gasteiger charge is 2.23. The summed E-state index contributed by atoms with van der Waals surface area (Å²) in [5, 5.41) is 8.09. The van der Waals surface area contributed by atoms with Gasteiger partial charge in [-0.05, 0) is 80.9 Å². The highest BCUT2D eigenvalue weighted by atomic mass is 35.5. The third-order valence-electron chi connectivity index (χ3n) is 9.16. The predicted octanol–water partition coefficient (Wildman–Crippen LogP) is 12.6. The summed E-state index contributed by atoms with van der Waals surface area (Å²) in [5.74, 6) is 0.378. The summed E-state index contributed by atoms with van der Waals surface area (Å²) >= 11 is 9.03. The quantitative estimate of drug-likeness (QED) is 0.187. The molecule has 0 fully saturated rings. The van der Waals surface area contributed by atoms with Crippen LogP contribution in [0.25, 0.3) is 53.0 Å². The fourth-order valence-corrected chi connectivity index (χ4v) is 8.23. The lowest BCUT2D eigenvalue weighted by Gasteiger charge is -2.18. The number of fused-ring (bicyclic) bond motifs is 5. The summed E-state index contributed by atoms with van der Waals surface area (Å²) in [6, 6.07) is 43.5. The molecular weight excluding hydrogens is 586 g/mol. The lowest BCUT2D eigenvalue weighted by Crippen LogP contribution is -2.12. The fourth-order valence-electron chi connectivity index (χ4n) is 6.83. The molecule has 0 N–H and O–H groups in total. The van der Waals surface area contributed by atoms with Gasteiger partial charge >= 0.3 is 0 Å². The maximum Gasteiger partial charge on any atom is 0.0687 e. The molecule has 0 saturated carbocycles. The molecule has 45 heavy (non-hydrogen) atoms. The highest BCUT2D eigenvalue weighted by Crippen LogP contribution is 2.44. The summed E-state index contributed by atoms with van der Waals surface area (Å²) in [7, 11) is 0. The number of aliphatic imine (C=N–C) groups is 1. The highest BCUT2D eigenvalue weighted by molar-refractivity contribution is 7.26. The molecule has 0 radical (unpaired) electrons. The summed E-state index contributed by atoms with van der Waals surface area (Å²) < 4.78 is 2.50. The first-order valence-corrected chi connectivity index (χ1v) is 16.8. The average molecular weight is 618 g/mol. The van der Waals surface area contributed by atoms with Gasteiger partial charge in [0.1, 0.15) is 0 Å². The topological polar surface area (TPSA) is 12.4 Å². The van der Waals surface area contributed by atoms with E-state index < -0.39 is 0 Å². The number of halogens is 1. The van der Waals surface area contributed by atoms with Crippen LogP contribution in [0.5, 0.6) is 0 Å². The summed E-state index contributed by atoms with van der Waals surface area (Å²) in [5.41, 5.74) is 6.77. The first-order chi connectivity index (χ1) is 22.0. The molecule has 2 unspecified atom stereocenters. The van der Waals surface area contributed by atoms with Crippen LogP contribution in [0, 0.1) is 11.8 Å². The molecule has 218 valence electrons. The number of allylic oxidation sites excluding steroid dienone is 3. The molecular formula is C42H32ClNS. The van der Waals surface area contributed by atoms with Crippen molar-refractivity contribution in [2.75, 3.05) is 0 Å². The normalized spacial score (nSPS) is 19.8. The standard InChI is InChI=1S/C42H32ClNS/c1-26-16-20-37(41-36(43)19-21-38-40(41)35-24-31-14-8-9-15-32(31)25-39(35)45-38)44-42(27(2)22-34(26)29-11-4-3-5-12-29)33-18-17-28-10-6-7-13-30(28)23-33/h3-15,17-27H,16H2,1-2H3/b34-22+,37-20+,44-42?. The summed E-state index contributed by atoms with van der Waals surface area (Å²) in [4.78, 5) is 5.60. The van der Waals surface area contributed by atoms with Crippen molar-refractivity contribution >= 4 is 81.6 Å². The molecule has 2 heterocycles. The van der Waals surface area contributed by atoms with Crippen molar-refractivity contribution in [3.63, 3.8) is 0 Å². The third kappa shape index (κ3) is 5.09. The molecule has 0 amide bonds. The Bertz CT molecular complexity index is 2340. The minimum atomic E-state index is 0.0754. The molecule has 1 nitrogen and oxygen atoms in total. The van der Waals surface area contributed by atoms with E-state index in [4.69, 9.17) is 16.6 Å². The lowest BCUT2D eigenvalue weighted by atomic mass is 9.86. The van der Waals surface area contributed by atoms with Gasteiger partial charge in [0, 0.05) is 31.7 Å². The van der Waals surface area contributed by atoms with Gasteiger partial charge in [-0.2, -0.15) is 0 Å². The second-order valence-corrected chi connectivity index (χ2v) is 13.6. The van der Waals surface area contributed by atoms with E-state index in [9.17, 15) is 0 Å². The van der Waals surface area contributed by atoms with E-state index in [2.05, 4.69) is 141 Å². The Kier molecular flexibility index (Phi) is 7.13. The number of hydrogen-bond acceptors (Lipinski definition) is 2. The van der Waals surface area contributed by atoms with E-state index in [1.54, 1.807) is 0 Å². The Morgan fingerprint density at radius 2 is 1.36 bits per heavy atom. The minimum absolute atomic E-state index is 0.0754. The van der Waals surface area contributed by atoms with Gasteiger partial charge in [-0.1, -0.05) is 129 Å². The van der Waals surface area contributed by atoms with Crippen molar-refractivity contribution in [1.29, 1.82) is 0 Å². The SMILES string of the molecule is CC1/C=C(/c2ccccc2)C(C)C/C=C(\c2c(Cl)ccc3sc4cc5ccccc5cc4c23)N=C1c1ccc2ccccc2c1. The largest absolute Gasteiger partial charge is 0.252 e. The zero-order valence-corrected chi connectivity index (χ0v) is 26.9. The number of rotatable bonds is 3. The van der Waals surface area contributed by atoms with E-state index in [0.29, 0.717) is 5.92 Å². The minimum Gasteiger partial charge on any atom is -0.252 e. The van der Waals surface area contributed by atoms with Crippen molar-refractivity contribution in [2.45, 2.75) is 20.3 Å². The second kappa shape index (κ2) is 11.5. The Labute approximate surface area is 272 Å². The van der Waals surface area contributed by atoms with E-state index in [0.717, 1.165) is 34.0 Å². The Morgan fingerprint density at radius 1 is 0.667 bits per heavy atom. The predicted molar refractivity (Wildman–Crippen MR) is 198 cm³/mol. The van der Waals surface area contributed by atoms with Gasteiger partial charge in [0.05, 0.1) is 16.4 Å². The Hall–Kier alpha value is -4.50.